The lowest BCUT2D eigenvalue weighted by Gasteiger charge is -2.15. The zero-order chi connectivity index (χ0) is 13.9. The van der Waals surface area contributed by atoms with Gasteiger partial charge in [-0.2, -0.15) is 5.26 Å². The monoisotopic (exact) mass is 263 g/mol. The van der Waals surface area contributed by atoms with Crippen molar-refractivity contribution in [1.29, 1.82) is 5.26 Å². The van der Waals surface area contributed by atoms with Crippen LogP contribution in [0.5, 0.6) is 0 Å². The molecule has 0 radical (unpaired) electrons. The van der Waals surface area contributed by atoms with E-state index in [9.17, 15) is 8.78 Å². The van der Waals surface area contributed by atoms with Crippen molar-refractivity contribution >= 4 is 16.7 Å². The van der Waals surface area contributed by atoms with Gasteiger partial charge in [0, 0.05) is 5.39 Å². The molecule has 2 rings (SSSR count). The molecule has 0 atom stereocenters. The maximum atomic E-state index is 13.0. The van der Waals surface area contributed by atoms with E-state index in [1.807, 2.05) is 6.07 Å². The fourth-order valence-electron chi connectivity index (χ4n) is 1.60. The van der Waals surface area contributed by atoms with E-state index in [1.54, 1.807) is 30.3 Å². The second-order valence-corrected chi connectivity index (χ2v) is 4.06. The van der Waals surface area contributed by atoms with Crippen LogP contribution in [0.15, 0.2) is 30.3 Å². The number of nitrogens with zero attached hydrogens (tertiary/aromatic N) is 2. The molecule has 19 heavy (non-hydrogen) atoms. The lowest BCUT2D eigenvalue weighted by molar-refractivity contribution is -0.0373. The Labute approximate surface area is 108 Å². The van der Waals surface area contributed by atoms with E-state index in [2.05, 4.69) is 10.3 Å². The molecule has 1 aromatic carbocycles. The summed E-state index contributed by atoms with van der Waals surface area (Å²) < 4.78 is 25.9. The smallest absolute Gasteiger partial charge is 0.287 e. The number of fused-ring (bicyclic) bond motifs is 1. The molecule has 0 aliphatic carbocycles. The maximum Gasteiger partial charge on any atom is 0.287 e. The second kappa shape index (κ2) is 5.16. The third-order valence-corrected chi connectivity index (χ3v) is 2.59. The molecule has 0 saturated carbocycles. The molecule has 2 aromatic rings. The van der Waals surface area contributed by atoms with Gasteiger partial charge in [-0.1, -0.05) is 18.2 Å². The number of hydrogen-bond acceptors (Lipinski definition) is 4. The minimum Gasteiger partial charge on any atom is -0.390 e. The molecule has 0 fully saturated rings. The Morgan fingerprint density at radius 3 is 2.79 bits per heavy atom. The first-order chi connectivity index (χ1) is 9.05. The summed E-state index contributed by atoms with van der Waals surface area (Å²) in [7, 11) is 0. The summed E-state index contributed by atoms with van der Waals surface area (Å²) in [5.41, 5.74) is 0.795. The Morgan fingerprint density at radius 2 is 2.11 bits per heavy atom. The molecule has 0 aliphatic rings. The third kappa shape index (κ3) is 2.95. The number of nitriles is 1. The molecule has 2 N–H and O–H groups in total. The predicted molar refractivity (Wildman–Crippen MR) is 67.0 cm³/mol. The van der Waals surface area contributed by atoms with Gasteiger partial charge in [0.1, 0.15) is 18.5 Å². The van der Waals surface area contributed by atoms with Gasteiger partial charge >= 0.3 is 0 Å². The predicted octanol–water partition coefficient (Wildman–Crippen LogP) is 2.15. The molecule has 0 amide bonds. The largest absolute Gasteiger partial charge is 0.390 e. The quantitative estimate of drug-likeness (QED) is 0.886. The van der Waals surface area contributed by atoms with Gasteiger partial charge < -0.3 is 10.4 Å². The van der Waals surface area contributed by atoms with Crippen LogP contribution in [0.25, 0.3) is 10.9 Å². The zero-order valence-electron chi connectivity index (χ0n) is 9.90. The van der Waals surface area contributed by atoms with Crippen LogP contribution < -0.4 is 5.32 Å². The van der Waals surface area contributed by atoms with Gasteiger partial charge in [-0.15, -0.1) is 0 Å². The molecule has 1 heterocycles. The molecular formula is C13H11F2N3O. The first-order valence-corrected chi connectivity index (χ1v) is 5.58. The van der Waals surface area contributed by atoms with E-state index in [0.29, 0.717) is 5.52 Å². The van der Waals surface area contributed by atoms with Crippen LogP contribution in [0.2, 0.25) is 0 Å². The van der Waals surface area contributed by atoms with Crippen LogP contribution in [0.1, 0.15) is 5.56 Å². The van der Waals surface area contributed by atoms with Gasteiger partial charge in [-0.3, -0.25) is 0 Å². The van der Waals surface area contributed by atoms with Crippen LogP contribution >= 0.6 is 0 Å². The number of aromatic nitrogens is 1. The molecule has 0 bridgehead atoms. The average Bonchev–Trinajstić information content (AvgIpc) is 2.44. The Morgan fingerprint density at radius 1 is 1.37 bits per heavy atom. The minimum absolute atomic E-state index is 0.0920. The summed E-state index contributed by atoms with van der Waals surface area (Å²) >= 11 is 0. The van der Waals surface area contributed by atoms with Crippen molar-refractivity contribution in [1.82, 2.24) is 4.98 Å². The van der Waals surface area contributed by atoms with E-state index in [-0.39, 0.29) is 11.4 Å². The van der Waals surface area contributed by atoms with E-state index in [0.717, 1.165) is 5.39 Å². The summed E-state index contributed by atoms with van der Waals surface area (Å²) in [5.74, 6) is -3.16. The molecule has 98 valence electrons. The highest BCUT2D eigenvalue weighted by Crippen LogP contribution is 2.21. The van der Waals surface area contributed by atoms with Crippen LogP contribution in [0.4, 0.5) is 14.6 Å². The van der Waals surface area contributed by atoms with Crippen molar-refractivity contribution < 1.29 is 13.9 Å². The maximum absolute atomic E-state index is 13.0. The van der Waals surface area contributed by atoms with Crippen LogP contribution in [-0.2, 0) is 0 Å². The zero-order valence-corrected chi connectivity index (χ0v) is 9.90. The standard InChI is InChI=1S/C13H11F2N3O/c14-13(15,8-19)7-17-12-10(6-16)5-9-3-1-2-4-11(9)18-12/h1-5,19H,7-8H2,(H,17,18). The Balaban J connectivity index is 2.34. The highest BCUT2D eigenvalue weighted by atomic mass is 19.3. The highest BCUT2D eigenvalue weighted by molar-refractivity contribution is 5.82. The first kappa shape index (κ1) is 13.2. The number of rotatable bonds is 4. The van der Waals surface area contributed by atoms with Crippen LogP contribution in [0.3, 0.4) is 0 Å². The molecular weight excluding hydrogens is 252 g/mol. The van der Waals surface area contributed by atoms with Crippen molar-refractivity contribution in [2.24, 2.45) is 0 Å². The van der Waals surface area contributed by atoms with Gasteiger partial charge in [0.25, 0.3) is 5.92 Å². The van der Waals surface area contributed by atoms with Crippen molar-refractivity contribution in [2.45, 2.75) is 5.92 Å². The van der Waals surface area contributed by atoms with E-state index in [4.69, 9.17) is 10.4 Å². The number of benzene rings is 1. The SMILES string of the molecule is N#Cc1cc2ccccc2nc1NCC(F)(F)CO. The fraction of sp³-hybridized carbons (Fsp3) is 0.231. The highest BCUT2D eigenvalue weighted by Gasteiger charge is 2.27. The molecule has 0 unspecified atom stereocenters. The summed E-state index contributed by atoms with van der Waals surface area (Å²) in [5, 5.41) is 20.7. The molecule has 0 saturated heterocycles. The van der Waals surface area contributed by atoms with Crippen molar-refractivity contribution in [2.75, 3.05) is 18.5 Å². The summed E-state index contributed by atoms with van der Waals surface area (Å²) in [6.45, 7) is -2.03. The first-order valence-electron chi connectivity index (χ1n) is 5.58. The Hall–Kier alpha value is -2.26. The van der Waals surface area contributed by atoms with Gasteiger partial charge in [0.2, 0.25) is 0 Å². The number of halogens is 2. The average molecular weight is 263 g/mol. The van der Waals surface area contributed by atoms with Crippen molar-refractivity contribution in [3.05, 3.63) is 35.9 Å². The molecule has 6 heteroatoms. The van der Waals surface area contributed by atoms with Gasteiger partial charge in [-0.25, -0.2) is 13.8 Å². The summed E-state index contributed by atoms with van der Waals surface area (Å²) in [6.07, 6.45) is 0. The summed E-state index contributed by atoms with van der Waals surface area (Å²) in [6, 6.07) is 10.6. The fourth-order valence-corrected chi connectivity index (χ4v) is 1.60. The van der Waals surface area contributed by atoms with Crippen LogP contribution in [0, 0.1) is 11.3 Å². The van der Waals surface area contributed by atoms with Crippen molar-refractivity contribution in [3.63, 3.8) is 0 Å². The number of hydrogen-bond donors (Lipinski definition) is 2. The van der Waals surface area contributed by atoms with Crippen LogP contribution in [-0.4, -0.2) is 29.2 Å². The number of nitrogens with one attached hydrogen (secondary N) is 1. The lowest BCUT2D eigenvalue weighted by Crippen LogP contribution is -2.31. The summed E-state index contributed by atoms with van der Waals surface area (Å²) in [4.78, 5) is 4.13. The molecule has 4 nitrogen and oxygen atoms in total. The number of alkyl halides is 2. The van der Waals surface area contributed by atoms with Gasteiger partial charge in [-0.05, 0) is 12.1 Å². The number of aliphatic hydroxyl groups is 1. The molecule has 1 aromatic heterocycles. The van der Waals surface area contributed by atoms with Gasteiger partial charge in [0.15, 0.2) is 0 Å². The normalized spacial score (nSPS) is 11.3. The second-order valence-electron chi connectivity index (χ2n) is 4.06. The molecule has 0 aliphatic heterocycles. The topological polar surface area (TPSA) is 68.9 Å². The number of pyridine rings is 1. The van der Waals surface area contributed by atoms with E-state index < -0.39 is 19.1 Å². The third-order valence-electron chi connectivity index (χ3n) is 2.59. The van der Waals surface area contributed by atoms with E-state index in [1.165, 1.54) is 0 Å². The minimum atomic E-state index is -3.25. The molecule has 0 spiro atoms. The van der Waals surface area contributed by atoms with E-state index >= 15 is 0 Å². The number of para-hydroxylation sites is 1. The number of aliphatic hydroxyl groups excluding tert-OH is 1. The Bertz CT molecular complexity index is 637. The Kier molecular flexibility index (Phi) is 3.58. The number of anilines is 1. The van der Waals surface area contributed by atoms with Crippen molar-refractivity contribution in [3.8, 4) is 6.07 Å². The lowest BCUT2D eigenvalue weighted by atomic mass is 10.1. The van der Waals surface area contributed by atoms with Gasteiger partial charge in [0.05, 0.1) is 17.6 Å².